The van der Waals surface area contributed by atoms with E-state index < -0.39 is 11.9 Å². The smallest absolute Gasteiger partial charge is 0.336 e. The minimum Gasteiger partial charge on any atom is -0.459 e. The number of fused-ring (bicyclic) bond motifs is 5. The van der Waals surface area contributed by atoms with Crippen LogP contribution in [0.15, 0.2) is 30.4 Å². The fourth-order valence-corrected chi connectivity index (χ4v) is 10.5. The number of hydrogen-bond acceptors (Lipinski definition) is 6. The Balaban J connectivity index is 1.14. The number of carbonyl (C=O) groups excluding carboxylic acids is 2. The maximum absolute atomic E-state index is 12.6. The predicted molar refractivity (Wildman–Crippen MR) is 173 cm³/mol. The Hall–Kier alpha value is -2.50. The lowest BCUT2D eigenvalue weighted by molar-refractivity contribution is -0.158. The molecular weight excluding hydrogens is 536 g/mol. The molecule has 0 aromatic heterocycles. The summed E-state index contributed by atoms with van der Waals surface area (Å²) in [5, 5.41) is 0. The van der Waals surface area contributed by atoms with E-state index in [1.54, 1.807) is 6.07 Å². The molecule has 4 saturated carbocycles. The van der Waals surface area contributed by atoms with E-state index in [0.29, 0.717) is 22.4 Å². The Labute approximate surface area is 259 Å². The highest BCUT2D eigenvalue weighted by Crippen LogP contribution is 2.68. The minimum absolute atomic E-state index is 0.0908. The van der Waals surface area contributed by atoms with Crippen molar-refractivity contribution < 1.29 is 19.1 Å². The molecule has 0 saturated heterocycles. The topological polar surface area (TPSA) is 105 Å². The van der Waals surface area contributed by atoms with Crippen LogP contribution in [0.25, 0.3) is 0 Å². The monoisotopic (exact) mass is 592 g/mol. The van der Waals surface area contributed by atoms with Gasteiger partial charge in [0, 0.05) is 17.8 Å². The minimum atomic E-state index is -0.675. The van der Waals surface area contributed by atoms with Crippen LogP contribution in [0, 0.1) is 52.3 Å². The van der Waals surface area contributed by atoms with E-state index in [1.807, 2.05) is 0 Å². The van der Waals surface area contributed by atoms with Gasteiger partial charge in [0.2, 0.25) is 0 Å². The van der Waals surface area contributed by atoms with E-state index in [2.05, 4.69) is 34.6 Å². The fourth-order valence-electron chi connectivity index (χ4n) is 10.5. The predicted octanol–water partition coefficient (Wildman–Crippen LogP) is 8.35. The molecule has 1 aromatic carbocycles. The summed E-state index contributed by atoms with van der Waals surface area (Å²) < 4.78 is 11.1. The van der Waals surface area contributed by atoms with Crippen LogP contribution in [-0.2, 0) is 14.3 Å². The van der Waals surface area contributed by atoms with E-state index >= 15 is 0 Å². The summed E-state index contributed by atoms with van der Waals surface area (Å²) in [7, 11) is 0. The van der Waals surface area contributed by atoms with Crippen LogP contribution in [0.1, 0.15) is 112 Å². The third-order valence-corrected chi connectivity index (χ3v) is 12.7. The molecule has 0 amide bonds. The highest BCUT2D eigenvalue weighted by Gasteiger charge is 2.60. The van der Waals surface area contributed by atoms with Crippen LogP contribution in [-0.4, -0.2) is 18.0 Å². The first-order valence-corrected chi connectivity index (χ1v) is 17.2. The van der Waals surface area contributed by atoms with Crippen LogP contribution < -0.4 is 16.2 Å². The number of hydrogen-bond donors (Lipinski definition) is 2. The van der Waals surface area contributed by atoms with Gasteiger partial charge in [-0.05, 0) is 128 Å². The third kappa shape index (κ3) is 6.63. The molecule has 4 aliphatic carbocycles. The average Bonchev–Trinajstić information content (AvgIpc) is 3.31. The van der Waals surface area contributed by atoms with Gasteiger partial charge in [0.15, 0.2) is 5.75 Å². The molecule has 4 aliphatic rings. The van der Waals surface area contributed by atoms with Crippen molar-refractivity contribution in [3.05, 3.63) is 30.4 Å². The third-order valence-electron chi connectivity index (χ3n) is 12.7. The molecule has 6 heteroatoms. The van der Waals surface area contributed by atoms with Crippen LogP contribution in [0.2, 0.25) is 0 Å². The van der Waals surface area contributed by atoms with Crippen molar-refractivity contribution in [1.82, 2.24) is 0 Å². The molecule has 6 nitrogen and oxygen atoms in total. The van der Waals surface area contributed by atoms with Gasteiger partial charge in [0.25, 0.3) is 0 Å². The SMILES string of the molecule is CC(C)CCCC(C)C1CCC2C3CCC4CC(OC(=O)/C=C/C(=O)Oc5ccc(N)cc5N)CCC4(C)C3CCC12C. The first-order valence-electron chi connectivity index (χ1n) is 17.2. The lowest BCUT2D eigenvalue weighted by Gasteiger charge is -2.61. The zero-order valence-electron chi connectivity index (χ0n) is 27.3. The van der Waals surface area contributed by atoms with Crippen molar-refractivity contribution in [3.8, 4) is 5.75 Å². The van der Waals surface area contributed by atoms with Crippen molar-refractivity contribution in [2.24, 2.45) is 52.3 Å². The van der Waals surface area contributed by atoms with Crippen LogP contribution in [0.5, 0.6) is 5.75 Å². The highest BCUT2D eigenvalue weighted by atomic mass is 16.5. The number of esters is 2. The Morgan fingerprint density at radius 3 is 2.37 bits per heavy atom. The number of anilines is 2. The number of carbonyl (C=O) groups is 2. The van der Waals surface area contributed by atoms with Gasteiger partial charge in [-0.25, -0.2) is 9.59 Å². The van der Waals surface area contributed by atoms with Gasteiger partial charge in [0.05, 0.1) is 5.69 Å². The standard InChI is InChI=1S/C37H56N2O4/c1-23(2)7-6-8-24(3)29-12-13-30-28-11-9-25-21-27(17-19-36(25,4)31(28)18-20-37(29,30)5)42-34(40)15-16-35(41)43-33-14-10-26(38)22-32(33)39/h10,14-16,22-25,27-31H,6-9,11-13,17-21,38-39H2,1-5H3/b16-15+. The van der Waals surface area contributed by atoms with Gasteiger partial charge in [-0.15, -0.1) is 0 Å². The molecule has 43 heavy (non-hydrogen) atoms. The van der Waals surface area contributed by atoms with Crippen molar-refractivity contribution in [3.63, 3.8) is 0 Å². The molecule has 0 spiro atoms. The van der Waals surface area contributed by atoms with Crippen molar-refractivity contribution in [2.45, 2.75) is 118 Å². The average molecular weight is 593 g/mol. The molecule has 5 rings (SSSR count). The second-order valence-corrected chi connectivity index (χ2v) is 15.6. The molecule has 1 aromatic rings. The summed E-state index contributed by atoms with van der Waals surface area (Å²) in [4.78, 5) is 24.9. The molecule has 238 valence electrons. The maximum Gasteiger partial charge on any atom is 0.336 e. The second-order valence-electron chi connectivity index (χ2n) is 15.6. The van der Waals surface area contributed by atoms with Gasteiger partial charge >= 0.3 is 11.9 Å². The van der Waals surface area contributed by atoms with Crippen molar-refractivity contribution in [2.75, 3.05) is 11.5 Å². The number of ether oxygens (including phenoxy) is 2. The number of nitrogens with two attached hydrogens (primary N) is 2. The Kier molecular flexibility index (Phi) is 9.54. The molecule has 4 N–H and O–H groups in total. The van der Waals surface area contributed by atoms with Crippen LogP contribution in [0.3, 0.4) is 0 Å². The molecule has 4 fully saturated rings. The van der Waals surface area contributed by atoms with Crippen LogP contribution >= 0.6 is 0 Å². The maximum atomic E-state index is 12.6. The normalized spacial score (nSPS) is 36.0. The van der Waals surface area contributed by atoms with E-state index in [9.17, 15) is 9.59 Å². The lowest BCUT2D eigenvalue weighted by Crippen LogP contribution is -2.54. The molecular formula is C37H56N2O4. The van der Waals surface area contributed by atoms with Crippen molar-refractivity contribution >= 4 is 23.3 Å². The largest absolute Gasteiger partial charge is 0.459 e. The molecule has 0 aliphatic heterocycles. The molecule has 0 radical (unpaired) electrons. The second kappa shape index (κ2) is 12.9. The molecule has 9 unspecified atom stereocenters. The molecule has 0 bridgehead atoms. The molecule has 0 heterocycles. The zero-order valence-corrected chi connectivity index (χ0v) is 27.3. The van der Waals surface area contributed by atoms with E-state index in [-0.39, 0.29) is 17.5 Å². The number of nitrogen functional groups attached to an aromatic ring is 2. The number of benzene rings is 1. The fraction of sp³-hybridized carbons (Fsp3) is 0.730. The van der Waals surface area contributed by atoms with Crippen molar-refractivity contribution in [1.29, 1.82) is 0 Å². The first kappa shape index (κ1) is 31.9. The van der Waals surface area contributed by atoms with Gasteiger partial charge in [-0.1, -0.05) is 53.9 Å². The first-order chi connectivity index (χ1) is 20.4. The quantitative estimate of drug-likeness (QED) is 0.129. The Morgan fingerprint density at radius 1 is 0.907 bits per heavy atom. The van der Waals surface area contributed by atoms with Gasteiger partial charge in [-0.2, -0.15) is 0 Å². The van der Waals surface area contributed by atoms with E-state index in [4.69, 9.17) is 20.9 Å². The summed E-state index contributed by atoms with van der Waals surface area (Å²) in [6.45, 7) is 12.5. The van der Waals surface area contributed by atoms with Gasteiger partial charge in [0.1, 0.15) is 6.10 Å². The summed E-state index contributed by atoms with van der Waals surface area (Å²) >= 11 is 0. The molecule has 9 atom stereocenters. The summed E-state index contributed by atoms with van der Waals surface area (Å²) in [5.74, 6) is 4.72. The van der Waals surface area contributed by atoms with Gasteiger partial charge < -0.3 is 20.9 Å². The van der Waals surface area contributed by atoms with E-state index in [1.165, 1.54) is 76.0 Å². The highest BCUT2D eigenvalue weighted by molar-refractivity contribution is 5.93. The zero-order chi connectivity index (χ0) is 30.9. The Bertz CT molecular complexity index is 1200. The van der Waals surface area contributed by atoms with Gasteiger partial charge in [-0.3, -0.25) is 0 Å². The van der Waals surface area contributed by atoms with E-state index in [0.717, 1.165) is 60.8 Å². The summed E-state index contributed by atoms with van der Waals surface area (Å²) in [6.07, 6.45) is 17.5. The Morgan fingerprint density at radius 2 is 1.63 bits per heavy atom. The van der Waals surface area contributed by atoms with Crippen LogP contribution in [0.4, 0.5) is 11.4 Å². The summed E-state index contributed by atoms with van der Waals surface area (Å²) in [5.41, 5.74) is 13.2. The number of rotatable bonds is 9. The summed E-state index contributed by atoms with van der Waals surface area (Å²) in [6, 6.07) is 4.67. The lowest BCUT2D eigenvalue weighted by atomic mass is 9.44.